The Bertz CT molecular complexity index is 255. The van der Waals surface area contributed by atoms with Gasteiger partial charge >= 0.3 is 5.97 Å². The van der Waals surface area contributed by atoms with E-state index < -0.39 is 0 Å². The van der Waals surface area contributed by atoms with Crippen molar-refractivity contribution in [2.45, 2.75) is 13.3 Å². The summed E-state index contributed by atoms with van der Waals surface area (Å²) in [5, 5.41) is 3.21. The first-order valence-corrected chi connectivity index (χ1v) is 7.11. The van der Waals surface area contributed by atoms with Gasteiger partial charge in [0.05, 0.1) is 12.4 Å². The number of hydrogen-bond donors (Lipinski definition) is 1. The fourth-order valence-corrected chi connectivity index (χ4v) is 2.30. The Morgan fingerprint density at radius 2 is 2.06 bits per heavy atom. The number of nitrogens with zero attached hydrogens (tertiary/aromatic N) is 1. The fraction of sp³-hybridized carbons (Fsp3) is 0.818. The van der Waals surface area contributed by atoms with Crippen LogP contribution in [0.25, 0.3) is 0 Å². The SMILES string of the molecule is CCOC(=O)CSCCC(=O)N1CCNCC1. The molecule has 1 amide bonds. The molecular weight excluding hydrogens is 240 g/mol. The maximum atomic E-state index is 11.7. The molecule has 0 unspecified atom stereocenters. The number of hydrogen-bond acceptors (Lipinski definition) is 5. The van der Waals surface area contributed by atoms with Gasteiger partial charge in [-0.05, 0) is 6.92 Å². The zero-order valence-corrected chi connectivity index (χ0v) is 11.1. The van der Waals surface area contributed by atoms with Gasteiger partial charge in [0.15, 0.2) is 0 Å². The first kappa shape index (κ1) is 14.3. The van der Waals surface area contributed by atoms with Crippen LogP contribution in [0.3, 0.4) is 0 Å². The Labute approximate surface area is 106 Å². The van der Waals surface area contributed by atoms with Crippen molar-refractivity contribution in [3.05, 3.63) is 0 Å². The van der Waals surface area contributed by atoms with Crippen molar-refractivity contribution in [3.8, 4) is 0 Å². The van der Waals surface area contributed by atoms with Crippen LogP contribution < -0.4 is 5.32 Å². The highest BCUT2D eigenvalue weighted by Crippen LogP contribution is 2.06. The number of carbonyl (C=O) groups is 2. The molecule has 0 saturated carbocycles. The van der Waals surface area contributed by atoms with Crippen LogP contribution >= 0.6 is 11.8 Å². The molecule has 5 nitrogen and oxygen atoms in total. The van der Waals surface area contributed by atoms with Crippen LogP contribution in [0, 0.1) is 0 Å². The monoisotopic (exact) mass is 260 g/mol. The van der Waals surface area contributed by atoms with Crippen LogP contribution in [-0.4, -0.2) is 61.1 Å². The van der Waals surface area contributed by atoms with Crippen molar-refractivity contribution >= 4 is 23.6 Å². The second-order valence-electron chi connectivity index (χ2n) is 3.74. The first-order chi connectivity index (χ1) is 8.24. The van der Waals surface area contributed by atoms with E-state index in [0.29, 0.717) is 24.5 Å². The molecule has 0 spiro atoms. The predicted octanol–water partition coefficient (Wildman–Crippen LogP) is 0.105. The van der Waals surface area contributed by atoms with Gasteiger partial charge in [0.2, 0.25) is 5.91 Å². The maximum Gasteiger partial charge on any atom is 0.315 e. The van der Waals surface area contributed by atoms with E-state index in [-0.39, 0.29) is 11.9 Å². The minimum absolute atomic E-state index is 0.183. The van der Waals surface area contributed by atoms with Gasteiger partial charge in [0, 0.05) is 38.4 Å². The molecule has 17 heavy (non-hydrogen) atoms. The molecule has 0 aromatic heterocycles. The van der Waals surface area contributed by atoms with Crippen molar-refractivity contribution in [2.24, 2.45) is 0 Å². The van der Waals surface area contributed by atoms with E-state index in [4.69, 9.17) is 4.74 Å². The van der Waals surface area contributed by atoms with Crippen molar-refractivity contribution < 1.29 is 14.3 Å². The molecule has 1 heterocycles. The Morgan fingerprint density at radius 3 is 2.71 bits per heavy atom. The summed E-state index contributed by atoms with van der Waals surface area (Å²) in [6, 6.07) is 0. The molecule has 0 bridgehead atoms. The molecule has 1 aliphatic heterocycles. The van der Waals surface area contributed by atoms with Crippen LogP contribution in [0.4, 0.5) is 0 Å². The smallest absolute Gasteiger partial charge is 0.315 e. The summed E-state index contributed by atoms with van der Waals surface area (Å²) < 4.78 is 4.80. The minimum atomic E-state index is -0.202. The van der Waals surface area contributed by atoms with Crippen molar-refractivity contribution in [3.63, 3.8) is 0 Å². The molecule has 0 aliphatic carbocycles. The zero-order chi connectivity index (χ0) is 12.5. The number of rotatable bonds is 6. The van der Waals surface area contributed by atoms with E-state index in [1.165, 1.54) is 11.8 Å². The molecule has 0 radical (unpaired) electrons. The molecule has 0 aromatic rings. The van der Waals surface area contributed by atoms with Crippen molar-refractivity contribution in [1.82, 2.24) is 10.2 Å². The molecule has 6 heteroatoms. The molecule has 1 rings (SSSR count). The first-order valence-electron chi connectivity index (χ1n) is 5.96. The molecule has 0 atom stereocenters. The van der Waals surface area contributed by atoms with E-state index >= 15 is 0 Å². The summed E-state index contributed by atoms with van der Waals surface area (Å²) in [4.78, 5) is 24.7. The van der Waals surface area contributed by atoms with Gasteiger partial charge in [0.25, 0.3) is 0 Å². The predicted molar refractivity (Wildman–Crippen MR) is 68.0 cm³/mol. The number of nitrogens with one attached hydrogen (secondary N) is 1. The highest BCUT2D eigenvalue weighted by Gasteiger charge is 2.15. The lowest BCUT2D eigenvalue weighted by Crippen LogP contribution is -2.46. The number of piperazine rings is 1. The van der Waals surface area contributed by atoms with E-state index in [1.54, 1.807) is 6.92 Å². The Kier molecular flexibility index (Phi) is 7.04. The molecule has 0 aromatic carbocycles. The molecule has 98 valence electrons. The lowest BCUT2D eigenvalue weighted by Gasteiger charge is -2.27. The summed E-state index contributed by atoms with van der Waals surface area (Å²) in [7, 11) is 0. The normalized spacial score (nSPS) is 15.7. The summed E-state index contributed by atoms with van der Waals surface area (Å²) in [5.74, 6) is 1.000. The second-order valence-corrected chi connectivity index (χ2v) is 4.84. The summed E-state index contributed by atoms with van der Waals surface area (Å²) >= 11 is 1.46. The Hall–Kier alpha value is -0.750. The fourth-order valence-electron chi connectivity index (χ4n) is 1.59. The summed E-state index contributed by atoms with van der Waals surface area (Å²) in [6.45, 7) is 5.54. The molecule has 1 fully saturated rings. The van der Waals surface area contributed by atoms with Gasteiger partial charge in [-0.2, -0.15) is 0 Å². The second kappa shape index (κ2) is 8.36. The third kappa shape index (κ3) is 5.93. The number of ether oxygens (including phenoxy) is 1. The van der Waals surface area contributed by atoms with Crippen LogP contribution in [0.1, 0.15) is 13.3 Å². The van der Waals surface area contributed by atoms with Crippen LogP contribution in [-0.2, 0) is 14.3 Å². The summed E-state index contributed by atoms with van der Waals surface area (Å²) in [6.07, 6.45) is 0.504. The quantitative estimate of drug-likeness (QED) is 0.542. The van der Waals surface area contributed by atoms with Crippen LogP contribution in [0.5, 0.6) is 0 Å². The third-order valence-corrected chi connectivity index (χ3v) is 3.39. The Morgan fingerprint density at radius 1 is 1.35 bits per heavy atom. The number of amides is 1. The third-order valence-electron chi connectivity index (χ3n) is 2.46. The highest BCUT2D eigenvalue weighted by molar-refractivity contribution is 7.99. The van der Waals surface area contributed by atoms with Gasteiger partial charge in [-0.1, -0.05) is 0 Å². The van der Waals surface area contributed by atoms with Crippen LogP contribution in [0.15, 0.2) is 0 Å². The van der Waals surface area contributed by atoms with Gasteiger partial charge < -0.3 is 15.0 Å². The Balaban J connectivity index is 2.05. The van der Waals surface area contributed by atoms with Gasteiger partial charge in [-0.3, -0.25) is 9.59 Å². The lowest BCUT2D eigenvalue weighted by molar-refractivity contribution is -0.140. The van der Waals surface area contributed by atoms with Crippen molar-refractivity contribution in [2.75, 3.05) is 44.3 Å². The standard InChI is InChI=1S/C11H20N2O3S/c1-2-16-11(15)9-17-8-3-10(14)13-6-4-12-5-7-13/h12H,2-9H2,1H3. The summed E-state index contributed by atoms with van der Waals surface area (Å²) in [5.41, 5.74) is 0. The minimum Gasteiger partial charge on any atom is -0.465 e. The maximum absolute atomic E-state index is 11.7. The molecule has 1 N–H and O–H groups in total. The lowest BCUT2D eigenvalue weighted by atomic mass is 10.3. The number of esters is 1. The number of carbonyl (C=O) groups excluding carboxylic acids is 2. The van der Waals surface area contributed by atoms with E-state index in [1.807, 2.05) is 4.90 Å². The van der Waals surface area contributed by atoms with Crippen molar-refractivity contribution in [1.29, 1.82) is 0 Å². The molecule has 1 aliphatic rings. The van der Waals surface area contributed by atoms with Gasteiger partial charge in [-0.25, -0.2) is 0 Å². The van der Waals surface area contributed by atoms with E-state index in [9.17, 15) is 9.59 Å². The topological polar surface area (TPSA) is 58.6 Å². The van der Waals surface area contributed by atoms with E-state index in [0.717, 1.165) is 26.2 Å². The zero-order valence-electron chi connectivity index (χ0n) is 10.2. The van der Waals surface area contributed by atoms with Crippen LogP contribution in [0.2, 0.25) is 0 Å². The van der Waals surface area contributed by atoms with Gasteiger partial charge in [0.1, 0.15) is 0 Å². The molecule has 1 saturated heterocycles. The van der Waals surface area contributed by atoms with Gasteiger partial charge in [-0.15, -0.1) is 11.8 Å². The highest BCUT2D eigenvalue weighted by atomic mass is 32.2. The van der Waals surface area contributed by atoms with E-state index in [2.05, 4.69) is 5.32 Å². The largest absolute Gasteiger partial charge is 0.465 e. The average molecular weight is 260 g/mol. The molecular formula is C11H20N2O3S. The number of thioether (sulfide) groups is 1. The average Bonchev–Trinajstić information content (AvgIpc) is 2.36.